The van der Waals surface area contributed by atoms with Crippen LogP contribution in [-0.2, 0) is 4.79 Å². The topological polar surface area (TPSA) is 89.0 Å². The molecule has 2 N–H and O–H groups in total. The Morgan fingerprint density at radius 2 is 1.89 bits per heavy atom. The molecule has 1 aromatic heterocycles. The SMILES string of the molecule is CC(=O)N1c2ccc(N3CCN(C(=O)O)C(C)C3)cc2[C@H](Nc2cccc(C)n2)[C@@H](C)[C@@H]1C1CC1. The van der Waals surface area contributed by atoms with Crippen LogP contribution in [0.1, 0.15) is 50.9 Å². The molecule has 4 atom stereocenters. The van der Waals surface area contributed by atoms with Gasteiger partial charge in [0.05, 0.1) is 6.04 Å². The number of amides is 2. The molecule has 8 heteroatoms. The highest BCUT2D eigenvalue weighted by atomic mass is 16.4. The van der Waals surface area contributed by atoms with Gasteiger partial charge in [-0.1, -0.05) is 13.0 Å². The fraction of sp³-hybridized carbons (Fsp3) is 0.519. The van der Waals surface area contributed by atoms with Crippen molar-refractivity contribution < 1.29 is 14.7 Å². The summed E-state index contributed by atoms with van der Waals surface area (Å²) >= 11 is 0. The van der Waals surface area contributed by atoms with E-state index in [1.54, 1.807) is 6.92 Å². The highest BCUT2D eigenvalue weighted by Gasteiger charge is 2.47. The number of pyridine rings is 1. The highest BCUT2D eigenvalue weighted by Crippen LogP contribution is 2.50. The van der Waals surface area contributed by atoms with E-state index >= 15 is 0 Å². The number of fused-ring (bicyclic) bond motifs is 1. The van der Waals surface area contributed by atoms with Crippen molar-refractivity contribution in [3.05, 3.63) is 47.7 Å². The third-order valence-electron chi connectivity index (χ3n) is 7.84. The van der Waals surface area contributed by atoms with Crippen molar-refractivity contribution in [3.63, 3.8) is 0 Å². The van der Waals surface area contributed by atoms with Crippen LogP contribution < -0.4 is 15.1 Å². The molecule has 1 aliphatic carbocycles. The van der Waals surface area contributed by atoms with Crippen LogP contribution in [0.25, 0.3) is 0 Å². The first-order valence-electron chi connectivity index (χ1n) is 12.6. The number of rotatable bonds is 4. The number of benzene rings is 1. The monoisotopic (exact) mass is 477 g/mol. The first-order valence-corrected chi connectivity index (χ1v) is 12.6. The summed E-state index contributed by atoms with van der Waals surface area (Å²) in [7, 11) is 0. The summed E-state index contributed by atoms with van der Waals surface area (Å²) in [6.07, 6.45) is 1.45. The van der Waals surface area contributed by atoms with Gasteiger partial charge in [0.15, 0.2) is 0 Å². The highest BCUT2D eigenvalue weighted by molar-refractivity contribution is 5.94. The largest absolute Gasteiger partial charge is 0.465 e. The molecular weight excluding hydrogens is 442 g/mol. The van der Waals surface area contributed by atoms with Crippen molar-refractivity contribution in [1.29, 1.82) is 0 Å². The molecule has 1 aromatic carbocycles. The lowest BCUT2D eigenvalue weighted by molar-refractivity contribution is -0.117. The number of anilines is 3. The molecule has 2 fully saturated rings. The van der Waals surface area contributed by atoms with Crippen LogP contribution in [0.2, 0.25) is 0 Å². The van der Waals surface area contributed by atoms with Crippen LogP contribution in [0.5, 0.6) is 0 Å². The number of piperazine rings is 1. The van der Waals surface area contributed by atoms with Gasteiger partial charge in [0, 0.05) is 67.2 Å². The second-order valence-electron chi connectivity index (χ2n) is 10.4. The van der Waals surface area contributed by atoms with Crippen molar-refractivity contribution >= 4 is 29.2 Å². The first kappa shape index (κ1) is 23.5. The lowest BCUT2D eigenvalue weighted by atomic mass is 9.79. The maximum atomic E-state index is 12.9. The summed E-state index contributed by atoms with van der Waals surface area (Å²) < 4.78 is 0. The molecule has 186 valence electrons. The summed E-state index contributed by atoms with van der Waals surface area (Å²) in [6, 6.07) is 12.4. The minimum absolute atomic E-state index is 0.0122. The van der Waals surface area contributed by atoms with Crippen LogP contribution in [0, 0.1) is 18.8 Å². The molecule has 2 aliphatic heterocycles. The first-order chi connectivity index (χ1) is 16.7. The fourth-order valence-corrected chi connectivity index (χ4v) is 6.01. The molecule has 1 saturated carbocycles. The van der Waals surface area contributed by atoms with E-state index in [2.05, 4.69) is 35.3 Å². The van der Waals surface area contributed by atoms with E-state index in [9.17, 15) is 14.7 Å². The minimum Gasteiger partial charge on any atom is -0.465 e. The summed E-state index contributed by atoms with van der Waals surface area (Å²) in [5, 5.41) is 13.2. The number of hydrogen-bond donors (Lipinski definition) is 2. The molecular formula is C27H35N5O3. The van der Waals surface area contributed by atoms with Gasteiger partial charge in [-0.25, -0.2) is 9.78 Å². The number of aryl methyl sites for hydroxylation is 1. The Kier molecular flexibility index (Phi) is 6.07. The maximum absolute atomic E-state index is 12.9. The molecule has 3 aliphatic rings. The standard InChI is InChI=1S/C27H35N5O3/c1-16-6-5-7-24(28-16)29-25-18(3)26(20-8-9-20)32(19(4)33)23-11-10-21(14-22(23)25)30-12-13-31(27(34)35)17(2)15-30/h5-7,10-11,14,17-18,20,25-26H,8-9,12-13,15H2,1-4H3,(H,28,29)(H,34,35)/t17?,18-,25-,26-/m1/s1. The molecule has 35 heavy (non-hydrogen) atoms. The van der Waals surface area contributed by atoms with Crippen molar-refractivity contribution in [2.45, 2.75) is 58.7 Å². The van der Waals surface area contributed by atoms with E-state index in [0.717, 1.165) is 41.3 Å². The van der Waals surface area contributed by atoms with Gasteiger partial charge in [0.1, 0.15) is 5.82 Å². The molecule has 0 radical (unpaired) electrons. The van der Waals surface area contributed by atoms with Gasteiger partial charge in [-0.05, 0) is 62.9 Å². The average Bonchev–Trinajstić information content (AvgIpc) is 3.65. The number of carbonyl (C=O) groups is 2. The van der Waals surface area contributed by atoms with Gasteiger partial charge in [-0.15, -0.1) is 0 Å². The Morgan fingerprint density at radius 1 is 1.11 bits per heavy atom. The van der Waals surface area contributed by atoms with Crippen molar-refractivity contribution in [1.82, 2.24) is 9.88 Å². The van der Waals surface area contributed by atoms with E-state index in [1.807, 2.05) is 36.9 Å². The Hall–Kier alpha value is -3.29. The van der Waals surface area contributed by atoms with Gasteiger partial charge in [-0.3, -0.25) is 4.79 Å². The van der Waals surface area contributed by atoms with E-state index in [4.69, 9.17) is 4.98 Å². The van der Waals surface area contributed by atoms with Crippen LogP contribution in [0.3, 0.4) is 0 Å². The number of hydrogen-bond acceptors (Lipinski definition) is 5. The average molecular weight is 478 g/mol. The van der Waals surface area contributed by atoms with Crippen molar-refractivity contribution in [3.8, 4) is 0 Å². The zero-order valence-electron chi connectivity index (χ0n) is 20.9. The second-order valence-corrected chi connectivity index (χ2v) is 10.4. The molecule has 3 heterocycles. The summed E-state index contributed by atoms with van der Waals surface area (Å²) in [6.45, 7) is 9.61. The molecule has 2 amide bonds. The number of nitrogens with zero attached hydrogens (tertiary/aromatic N) is 4. The quantitative estimate of drug-likeness (QED) is 0.673. The Morgan fingerprint density at radius 3 is 2.51 bits per heavy atom. The third-order valence-corrected chi connectivity index (χ3v) is 7.84. The molecule has 1 unspecified atom stereocenters. The summed E-state index contributed by atoms with van der Waals surface area (Å²) in [4.78, 5) is 34.9. The van der Waals surface area contributed by atoms with Crippen LogP contribution >= 0.6 is 0 Å². The predicted octanol–water partition coefficient (Wildman–Crippen LogP) is 4.51. The number of nitrogens with one attached hydrogen (secondary N) is 1. The lowest BCUT2D eigenvalue weighted by Gasteiger charge is -2.46. The fourth-order valence-electron chi connectivity index (χ4n) is 6.01. The Bertz CT molecular complexity index is 1130. The minimum atomic E-state index is -0.866. The van der Waals surface area contributed by atoms with Crippen LogP contribution in [-0.4, -0.2) is 58.7 Å². The molecule has 1 saturated heterocycles. The Balaban J connectivity index is 1.53. The summed E-state index contributed by atoms with van der Waals surface area (Å²) in [5.41, 5.74) is 4.09. The third kappa shape index (κ3) is 4.42. The lowest BCUT2D eigenvalue weighted by Crippen LogP contribution is -2.54. The number of carboxylic acid groups (broad SMARTS) is 1. The van der Waals surface area contributed by atoms with E-state index in [-0.39, 0.29) is 30.0 Å². The Labute approximate surface area is 206 Å². The molecule has 2 aromatic rings. The maximum Gasteiger partial charge on any atom is 0.407 e. The zero-order valence-corrected chi connectivity index (χ0v) is 20.9. The van der Waals surface area contributed by atoms with E-state index < -0.39 is 6.09 Å². The molecule has 8 nitrogen and oxygen atoms in total. The van der Waals surface area contributed by atoms with Crippen molar-refractivity contribution in [2.24, 2.45) is 11.8 Å². The van der Waals surface area contributed by atoms with Crippen LogP contribution in [0.15, 0.2) is 36.4 Å². The van der Waals surface area contributed by atoms with Crippen molar-refractivity contribution in [2.75, 3.05) is 34.8 Å². The molecule has 0 spiro atoms. The van der Waals surface area contributed by atoms with E-state index in [1.165, 1.54) is 4.90 Å². The van der Waals surface area contributed by atoms with Gasteiger partial charge in [0.25, 0.3) is 0 Å². The number of carbonyl (C=O) groups excluding carboxylic acids is 1. The number of aromatic nitrogens is 1. The second kappa shape index (κ2) is 9.06. The van der Waals surface area contributed by atoms with Crippen LogP contribution in [0.4, 0.5) is 22.0 Å². The van der Waals surface area contributed by atoms with Gasteiger partial charge in [-0.2, -0.15) is 0 Å². The van der Waals surface area contributed by atoms with Gasteiger partial charge in [0.2, 0.25) is 5.91 Å². The van der Waals surface area contributed by atoms with E-state index in [0.29, 0.717) is 25.6 Å². The molecule has 5 rings (SSSR count). The zero-order chi connectivity index (χ0) is 24.9. The normalized spacial score (nSPS) is 26.3. The van der Waals surface area contributed by atoms with Gasteiger partial charge < -0.3 is 25.1 Å². The predicted molar refractivity (Wildman–Crippen MR) is 137 cm³/mol. The smallest absolute Gasteiger partial charge is 0.407 e. The summed E-state index contributed by atoms with van der Waals surface area (Å²) in [5.74, 6) is 1.66. The van der Waals surface area contributed by atoms with Gasteiger partial charge >= 0.3 is 6.09 Å². The molecule has 0 bridgehead atoms.